The zero-order valence-corrected chi connectivity index (χ0v) is 12.0. The summed E-state index contributed by atoms with van der Waals surface area (Å²) in [6.07, 6.45) is -3.88. The van der Waals surface area contributed by atoms with Crippen LogP contribution in [0.5, 0.6) is 5.75 Å². The zero-order valence-electron chi connectivity index (χ0n) is 12.0. The molecule has 0 amide bonds. The molecule has 0 unspecified atom stereocenters. The molecule has 0 spiro atoms. The van der Waals surface area contributed by atoms with Crippen molar-refractivity contribution in [3.8, 4) is 17.6 Å². The van der Waals surface area contributed by atoms with Gasteiger partial charge in [0.2, 0.25) is 0 Å². The van der Waals surface area contributed by atoms with Crippen LogP contribution in [0.15, 0.2) is 18.2 Å². The smallest absolute Gasteiger partial charge is 0.401 e. The average Bonchev–Trinajstić information content (AvgIpc) is 2.37. The van der Waals surface area contributed by atoms with Crippen LogP contribution in [-0.2, 0) is 6.54 Å². The average molecular weight is 301 g/mol. The van der Waals surface area contributed by atoms with Crippen LogP contribution < -0.4 is 4.74 Å². The molecule has 3 nitrogen and oxygen atoms in total. The third kappa shape index (κ3) is 6.52. The van der Waals surface area contributed by atoms with Gasteiger partial charge in [-0.2, -0.15) is 13.2 Å². The van der Waals surface area contributed by atoms with E-state index in [0.29, 0.717) is 23.3 Å². The second-order valence-corrected chi connectivity index (χ2v) is 4.59. The van der Waals surface area contributed by atoms with Crippen molar-refractivity contribution in [2.75, 3.05) is 27.3 Å². The molecule has 0 radical (unpaired) electrons. The molecule has 1 aromatic rings. The van der Waals surface area contributed by atoms with Gasteiger partial charge in [0.05, 0.1) is 20.3 Å². The molecular weight excluding hydrogens is 283 g/mol. The number of rotatable bonds is 5. The highest BCUT2D eigenvalue weighted by Crippen LogP contribution is 2.23. The summed E-state index contributed by atoms with van der Waals surface area (Å²) in [4.78, 5) is 1.17. The van der Waals surface area contributed by atoms with Crippen LogP contribution in [0.2, 0.25) is 0 Å². The third-order valence-electron chi connectivity index (χ3n) is 2.64. The fourth-order valence-electron chi connectivity index (χ4n) is 1.85. The summed E-state index contributed by atoms with van der Waals surface area (Å²) in [5, 5.41) is 8.67. The van der Waals surface area contributed by atoms with Crippen LogP contribution in [0.4, 0.5) is 13.2 Å². The van der Waals surface area contributed by atoms with Gasteiger partial charge in [-0.3, -0.25) is 4.90 Å². The molecule has 0 aromatic heterocycles. The zero-order chi connectivity index (χ0) is 15.9. The summed E-state index contributed by atoms with van der Waals surface area (Å²) in [6.45, 7) is -0.904. The van der Waals surface area contributed by atoms with Gasteiger partial charge in [-0.15, -0.1) is 0 Å². The summed E-state index contributed by atoms with van der Waals surface area (Å²) < 4.78 is 42.2. The van der Waals surface area contributed by atoms with Crippen LogP contribution in [-0.4, -0.2) is 43.5 Å². The summed E-state index contributed by atoms with van der Waals surface area (Å²) in [7, 11) is 2.87. The summed E-state index contributed by atoms with van der Waals surface area (Å²) >= 11 is 0. The Morgan fingerprint density at radius 3 is 2.62 bits per heavy atom. The quantitative estimate of drug-likeness (QED) is 0.848. The highest BCUT2D eigenvalue weighted by atomic mass is 19.4. The maximum Gasteiger partial charge on any atom is 0.401 e. The maximum atomic E-state index is 12.4. The Labute approximate surface area is 122 Å². The molecular formula is C15H18F3NO2. The van der Waals surface area contributed by atoms with Crippen molar-refractivity contribution in [3.63, 3.8) is 0 Å². The number of hydrogen-bond donors (Lipinski definition) is 1. The first-order valence-electron chi connectivity index (χ1n) is 6.37. The third-order valence-corrected chi connectivity index (χ3v) is 2.64. The molecule has 0 saturated heterocycles. The first-order chi connectivity index (χ1) is 9.85. The Kier molecular flexibility index (Phi) is 6.53. The van der Waals surface area contributed by atoms with E-state index in [1.165, 1.54) is 19.1 Å². The predicted octanol–water partition coefficient (Wildman–Crippen LogP) is 2.42. The van der Waals surface area contributed by atoms with E-state index in [-0.39, 0.29) is 13.2 Å². The van der Waals surface area contributed by atoms with E-state index in [1.807, 2.05) is 0 Å². The Morgan fingerprint density at radius 2 is 2.05 bits per heavy atom. The number of aliphatic hydroxyl groups is 1. The maximum absolute atomic E-state index is 12.4. The van der Waals surface area contributed by atoms with E-state index in [9.17, 15) is 13.2 Å². The summed E-state index contributed by atoms with van der Waals surface area (Å²) in [6, 6.07) is 5.12. The Balaban J connectivity index is 2.88. The highest BCUT2D eigenvalue weighted by molar-refractivity contribution is 5.44. The fraction of sp³-hybridized carbons (Fsp3) is 0.467. The van der Waals surface area contributed by atoms with Crippen molar-refractivity contribution in [3.05, 3.63) is 29.3 Å². The number of hydrogen-bond acceptors (Lipinski definition) is 3. The van der Waals surface area contributed by atoms with Gasteiger partial charge >= 0.3 is 6.18 Å². The van der Waals surface area contributed by atoms with Gasteiger partial charge in [0.25, 0.3) is 0 Å². The van der Waals surface area contributed by atoms with Gasteiger partial charge in [-0.05, 0) is 25.2 Å². The SMILES string of the molecule is COc1ccc(C#CCCO)cc1CN(C)CC(F)(F)F. The van der Waals surface area contributed by atoms with E-state index in [2.05, 4.69) is 11.8 Å². The second kappa shape index (κ2) is 7.91. The van der Waals surface area contributed by atoms with E-state index >= 15 is 0 Å². The molecule has 0 aliphatic heterocycles. The number of benzene rings is 1. The molecule has 0 fully saturated rings. The Hall–Kier alpha value is -1.71. The Morgan fingerprint density at radius 1 is 1.33 bits per heavy atom. The van der Waals surface area contributed by atoms with Crippen LogP contribution in [0, 0.1) is 11.8 Å². The summed E-state index contributed by atoms with van der Waals surface area (Å²) in [5.74, 6) is 6.15. The summed E-state index contributed by atoms with van der Waals surface area (Å²) in [5.41, 5.74) is 1.32. The minimum atomic E-state index is -4.24. The molecule has 6 heteroatoms. The van der Waals surface area contributed by atoms with E-state index in [4.69, 9.17) is 9.84 Å². The van der Waals surface area contributed by atoms with Gasteiger partial charge in [0.1, 0.15) is 5.75 Å². The van der Waals surface area contributed by atoms with Crippen molar-refractivity contribution in [2.45, 2.75) is 19.1 Å². The van der Waals surface area contributed by atoms with Crippen molar-refractivity contribution in [2.24, 2.45) is 0 Å². The molecule has 1 aromatic carbocycles. The number of halogens is 3. The molecule has 0 saturated carbocycles. The number of nitrogens with zero attached hydrogens (tertiary/aromatic N) is 1. The minimum absolute atomic E-state index is 0.0235. The van der Waals surface area contributed by atoms with Gasteiger partial charge in [0, 0.05) is 24.1 Å². The van der Waals surface area contributed by atoms with Crippen LogP contribution in [0.3, 0.4) is 0 Å². The second-order valence-electron chi connectivity index (χ2n) is 4.59. The largest absolute Gasteiger partial charge is 0.496 e. The topological polar surface area (TPSA) is 32.7 Å². The molecule has 0 atom stereocenters. The molecule has 0 aliphatic carbocycles. The molecule has 21 heavy (non-hydrogen) atoms. The highest BCUT2D eigenvalue weighted by Gasteiger charge is 2.29. The van der Waals surface area contributed by atoms with Crippen molar-refractivity contribution in [1.82, 2.24) is 4.90 Å². The van der Waals surface area contributed by atoms with Gasteiger partial charge < -0.3 is 9.84 Å². The first kappa shape index (κ1) is 17.3. The molecule has 1 rings (SSSR count). The van der Waals surface area contributed by atoms with Gasteiger partial charge in [-0.25, -0.2) is 0 Å². The van der Waals surface area contributed by atoms with E-state index < -0.39 is 12.7 Å². The van der Waals surface area contributed by atoms with E-state index in [1.54, 1.807) is 18.2 Å². The molecule has 116 valence electrons. The van der Waals surface area contributed by atoms with E-state index in [0.717, 1.165) is 0 Å². The number of methoxy groups -OCH3 is 1. The van der Waals surface area contributed by atoms with Gasteiger partial charge in [0.15, 0.2) is 0 Å². The lowest BCUT2D eigenvalue weighted by molar-refractivity contribution is -0.144. The number of aliphatic hydroxyl groups excluding tert-OH is 1. The van der Waals surface area contributed by atoms with Crippen LogP contribution in [0.25, 0.3) is 0 Å². The first-order valence-corrected chi connectivity index (χ1v) is 6.37. The molecule has 0 heterocycles. The van der Waals surface area contributed by atoms with Crippen LogP contribution in [0.1, 0.15) is 17.5 Å². The van der Waals surface area contributed by atoms with Crippen LogP contribution >= 0.6 is 0 Å². The predicted molar refractivity (Wildman–Crippen MR) is 74.0 cm³/mol. The number of ether oxygens (including phenoxy) is 1. The minimum Gasteiger partial charge on any atom is -0.496 e. The lowest BCUT2D eigenvalue weighted by atomic mass is 10.1. The standard InChI is InChI=1S/C15H18F3NO2/c1-19(11-15(16,17)18)10-13-9-12(5-3-4-8-20)6-7-14(13)21-2/h6-7,9,20H,4,8,10-11H2,1-2H3. The molecule has 0 aliphatic rings. The Bertz CT molecular complexity index is 518. The monoisotopic (exact) mass is 301 g/mol. The lowest BCUT2D eigenvalue weighted by Gasteiger charge is -2.20. The van der Waals surface area contributed by atoms with Gasteiger partial charge in [-0.1, -0.05) is 11.8 Å². The molecule has 1 N–H and O–H groups in total. The fourth-order valence-corrected chi connectivity index (χ4v) is 1.85. The molecule has 0 bridgehead atoms. The van der Waals surface area contributed by atoms with Crippen molar-refractivity contribution >= 4 is 0 Å². The normalized spacial score (nSPS) is 11.2. The van der Waals surface area contributed by atoms with Crippen molar-refractivity contribution < 1.29 is 23.0 Å². The lowest BCUT2D eigenvalue weighted by Crippen LogP contribution is -2.30. The van der Waals surface area contributed by atoms with Crippen molar-refractivity contribution in [1.29, 1.82) is 0 Å². The number of alkyl halides is 3.